The first-order valence-electron chi connectivity index (χ1n) is 6.07. The van der Waals surface area contributed by atoms with E-state index in [-0.39, 0.29) is 0 Å². The normalized spacial score (nSPS) is 10.6. The third kappa shape index (κ3) is 3.22. The predicted molar refractivity (Wildman–Crippen MR) is 81.5 cm³/mol. The second-order valence-electron chi connectivity index (χ2n) is 4.21. The molecule has 0 aliphatic heterocycles. The fourth-order valence-electron chi connectivity index (χ4n) is 1.78. The topological polar surface area (TPSA) is 42.7 Å². The molecule has 1 aromatic heterocycles. The van der Waals surface area contributed by atoms with Crippen molar-refractivity contribution in [1.82, 2.24) is 14.8 Å². The zero-order chi connectivity index (χ0) is 13.0. The molecule has 0 unspecified atom stereocenters. The number of aromatic nitrogens is 3. The molecule has 0 atom stereocenters. The molecule has 2 rings (SSSR count). The van der Waals surface area contributed by atoms with Crippen LogP contribution in [0.5, 0.6) is 0 Å². The molecule has 18 heavy (non-hydrogen) atoms. The zero-order valence-electron chi connectivity index (χ0n) is 10.7. The highest BCUT2D eigenvalue weighted by atomic mass is 127. The van der Waals surface area contributed by atoms with Crippen molar-refractivity contribution in [2.45, 2.75) is 33.4 Å². The number of nitrogens with zero attached hydrogens (tertiary/aromatic N) is 3. The third-order valence-corrected chi connectivity index (χ3v) is 3.44. The molecule has 0 aliphatic rings. The Morgan fingerprint density at radius 1 is 1.39 bits per heavy atom. The Balaban J connectivity index is 2.06. The van der Waals surface area contributed by atoms with Crippen LogP contribution in [0.25, 0.3) is 0 Å². The molecular formula is C13H17IN4. The Morgan fingerprint density at radius 3 is 3.00 bits per heavy atom. The first-order valence-corrected chi connectivity index (χ1v) is 7.15. The van der Waals surface area contributed by atoms with Crippen molar-refractivity contribution >= 4 is 28.3 Å². The summed E-state index contributed by atoms with van der Waals surface area (Å²) in [5, 5.41) is 7.65. The summed E-state index contributed by atoms with van der Waals surface area (Å²) >= 11 is 2.32. The largest absolute Gasteiger partial charge is 0.378 e. The number of halogens is 1. The quantitative estimate of drug-likeness (QED) is 0.837. The summed E-state index contributed by atoms with van der Waals surface area (Å²) in [5.74, 6) is 0.982. The standard InChI is InChI=1S/C13H17IN4/c1-3-6-18-13(16-9-17-18)8-15-12-7-11(14)5-4-10(12)2/h4-5,7,9,15H,3,6,8H2,1-2H3. The van der Waals surface area contributed by atoms with Gasteiger partial charge >= 0.3 is 0 Å². The van der Waals surface area contributed by atoms with Crippen LogP contribution in [0.4, 0.5) is 5.69 Å². The van der Waals surface area contributed by atoms with Gasteiger partial charge in [0.1, 0.15) is 12.2 Å². The van der Waals surface area contributed by atoms with Crippen LogP contribution >= 0.6 is 22.6 Å². The predicted octanol–water partition coefficient (Wildman–Crippen LogP) is 3.21. The van der Waals surface area contributed by atoms with Gasteiger partial charge in [-0.15, -0.1) is 0 Å². The summed E-state index contributed by atoms with van der Waals surface area (Å²) in [6.45, 7) is 5.88. The van der Waals surface area contributed by atoms with Crippen molar-refractivity contribution in [3.05, 3.63) is 39.5 Å². The van der Waals surface area contributed by atoms with Crippen LogP contribution in [0.3, 0.4) is 0 Å². The second kappa shape index (κ2) is 6.17. The summed E-state index contributed by atoms with van der Waals surface area (Å²) in [7, 11) is 0. The fourth-order valence-corrected chi connectivity index (χ4v) is 2.27. The van der Waals surface area contributed by atoms with Gasteiger partial charge in [-0.2, -0.15) is 5.10 Å². The average Bonchev–Trinajstić information content (AvgIpc) is 2.78. The van der Waals surface area contributed by atoms with Gasteiger partial charge in [-0.25, -0.2) is 9.67 Å². The Hall–Kier alpha value is -1.11. The SMILES string of the molecule is CCCn1ncnc1CNc1cc(I)ccc1C. The number of hydrogen-bond acceptors (Lipinski definition) is 3. The average molecular weight is 356 g/mol. The van der Waals surface area contributed by atoms with Crippen LogP contribution in [0.2, 0.25) is 0 Å². The first-order chi connectivity index (χ1) is 8.70. The van der Waals surface area contributed by atoms with Gasteiger partial charge in [0.25, 0.3) is 0 Å². The number of aryl methyl sites for hydroxylation is 2. The molecule has 1 aromatic carbocycles. The lowest BCUT2D eigenvalue weighted by atomic mass is 10.2. The number of nitrogens with one attached hydrogen (secondary N) is 1. The van der Waals surface area contributed by atoms with Gasteiger partial charge in [-0.1, -0.05) is 13.0 Å². The number of rotatable bonds is 5. The number of benzene rings is 1. The molecule has 1 heterocycles. The Bertz CT molecular complexity index is 521. The Kier molecular flexibility index (Phi) is 4.57. The van der Waals surface area contributed by atoms with Gasteiger partial charge < -0.3 is 5.32 Å². The molecule has 96 valence electrons. The molecule has 0 amide bonds. The van der Waals surface area contributed by atoms with E-state index in [0.717, 1.165) is 24.5 Å². The molecule has 0 radical (unpaired) electrons. The maximum atomic E-state index is 4.29. The molecule has 4 nitrogen and oxygen atoms in total. The minimum Gasteiger partial charge on any atom is -0.378 e. The van der Waals surface area contributed by atoms with Crippen LogP contribution in [-0.4, -0.2) is 14.8 Å². The summed E-state index contributed by atoms with van der Waals surface area (Å²) in [4.78, 5) is 4.29. The maximum absolute atomic E-state index is 4.29. The number of hydrogen-bond donors (Lipinski definition) is 1. The van der Waals surface area contributed by atoms with E-state index in [9.17, 15) is 0 Å². The van der Waals surface area contributed by atoms with Crippen molar-refractivity contribution < 1.29 is 0 Å². The molecule has 0 bridgehead atoms. The lowest BCUT2D eigenvalue weighted by Gasteiger charge is -2.10. The molecule has 0 fully saturated rings. The van der Waals surface area contributed by atoms with Crippen LogP contribution in [0.1, 0.15) is 24.7 Å². The molecule has 2 aromatic rings. The summed E-state index contributed by atoms with van der Waals surface area (Å²) in [6, 6.07) is 6.39. The van der Waals surface area contributed by atoms with E-state index in [1.807, 2.05) is 4.68 Å². The van der Waals surface area contributed by atoms with Crippen molar-refractivity contribution in [2.24, 2.45) is 0 Å². The highest BCUT2D eigenvalue weighted by Crippen LogP contribution is 2.18. The second-order valence-corrected chi connectivity index (χ2v) is 5.46. The summed E-state index contributed by atoms with van der Waals surface area (Å²) in [6.07, 6.45) is 2.69. The van der Waals surface area contributed by atoms with E-state index >= 15 is 0 Å². The summed E-state index contributed by atoms with van der Waals surface area (Å²) in [5.41, 5.74) is 2.41. The molecule has 0 aliphatic carbocycles. The maximum Gasteiger partial charge on any atom is 0.146 e. The molecular weight excluding hydrogens is 339 g/mol. The van der Waals surface area contributed by atoms with Crippen molar-refractivity contribution in [2.75, 3.05) is 5.32 Å². The van der Waals surface area contributed by atoms with E-state index in [1.54, 1.807) is 6.33 Å². The Labute approximate surface area is 121 Å². The molecule has 5 heteroatoms. The first kappa shape index (κ1) is 13.3. The van der Waals surface area contributed by atoms with E-state index in [1.165, 1.54) is 9.13 Å². The van der Waals surface area contributed by atoms with E-state index in [0.29, 0.717) is 6.54 Å². The lowest BCUT2D eigenvalue weighted by molar-refractivity contribution is 0.574. The highest BCUT2D eigenvalue weighted by Gasteiger charge is 2.04. The molecule has 0 spiro atoms. The molecule has 0 saturated carbocycles. The van der Waals surface area contributed by atoms with Crippen molar-refractivity contribution in [3.8, 4) is 0 Å². The van der Waals surface area contributed by atoms with Gasteiger partial charge in [-0.3, -0.25) is 0 Å². The molecule has 0 saturated heterocycles. The van der Waals surface area contributed by atoms with Gasteiger partial charge in [0.2, 0.25) is 0 Å². The third-order valence-electron chi connectivity index (χ3n) is 2.77. The van der Waals surface area contributed by atoms with Gasteiger partial charge in [0.15, 0.2) is 0 Å². The monoisotopic (exact) mass is 356 g/mol. The minimum atomic E-state index is 0.709. The zero-order valence-corrected chi connectivity index (χ0v) is 12.8. The van der Waals surface area contributed by atoms with E-state index < -0.39 is 0 Å². The van der Waals surface area contributed by atoms with Gasteiger partial charge in [0, 0.05) is 15.8 Å². The smallest absolute Gasteiger partial charge is 0.146 e. The van der Waals surface area contributed by atoms with Crippen LogP contribution < -0.4 is 5.32 Å². The lowest BCUT2D eigenvalue weighted by Crippen LogP contribution is -2.10. The van der Waals surface area contributed by atoms with Gasteiger partial charge in [0.05, 0.1) is 6.54 Å². The fraction of sp³-hybridized carbons (Fsp3) is 0.385. The van der Waals surface area contributed by atoms with Crippen LogP contribution in [-0.2, 0) is 13.1 Å². The van der Waals surface area contributed by atoms with Gasteiger partial charge in [-0.05, 0) is 53.6 Å². The van der Waals surface area contributed by atoms with Crippen molar-refractivity contribution in [3.63, 3.8) is 0 Å². The highest BCUT2D eigenvalue weighted by molar-refractivity contribution is 14.1. The van der Waals surface area contributed by atoms with Crippen LogP contribution in [0, 0.1) is 10.5 Å². The number of anilines is 1. The van der Waals surface area contributed by atoms with Crippen molar-refractivity contribution in [1.29, 1.82) is 0 Å². The van der Waals surface area contributed by atoms with Crippen LogP contribution in [0.15, 0.2) is 24.5 Å². The Morgan fingerprint density at radius 2 is 2.22 bits per heavy atom. The van der Waals surface area contributed by atoms with E-state index in [4.69, 9.17) is 0 Å². The molecule has 1 N–H and O–H groups in total. The summed E-state index contributed by atoms with van der Waals surface area (Å²) < 4.78 is 3.19. The van der Waals surface area contributed by atoms with E-state index in [2.05, 4.69) is 70.0 Å². The minimum absolute atomic E-state index is 0.709.